The van der Waals surface area contributed by atoms with Crippen LogP contribution in [-0.4, -0.2) is 35.8 Å². The van der Waals surface area contributed by atoms with E-state index in [-0.39, 0.29) is 17.0 Å². The SMILES string of the molecule is Cc1ccsc1C(O)(CC1CC2CCC(C1)[N+]2(C)C)c1sccc1C.[Br-]. The van der Waals surface area contributed by atoms with Gasteiger partial charge in [0.25, 0.3) is 0 Å². The fourth-order valence-electron chi connectivity index (χ4n) is 5.46. The van der Waals surface area contributed by atoms with Crippen LogP contribution >= 0.6 is 22.7 Å². The minimum absolute atomic E-state index is 0. The number of fused-ring (bicyclic) bond motifs is 2. The third-order valence-corrected chi connectivity index (χ3v) is 9.32. The van der Waals surface area contributed by atoms with E-state index in [2.05, 4.69) is 50.8 Å². The molecule has 1 N–H and O–H groups in total. The molecule has 2 fully saturated rings. The summed E-state index contributed by atoms with van der Waals surface area (Å²) in [6.45, 7) is 4.29. The lowest BCUT2D eigenvalue weighted by molar-refractivity contribution is -0.931. The highest BCUT2D eigenvalue weighted by Crippen LogP contribution is 2.49. The average molecular weight is 457 g/mol. The molecule has 144 valence electrons. The lowest BCUT2D eigenvalue weighted by Gasteiger charge is -2.45. The van der Waals surface area contributed by atoms with E-state index in [0.717, 1.165) is 28.3 Å². The van der Waals surface area contributed by atoms with Crippen LogP contribution in [0.3, 0.4) is 0 Å². The number of hydrogen-bond acceptors (Lipinski definition) is 3. The van der Waals surface area contributed by atoms with Gasteiger partial charge in [-0.15, -0.1) is 22.7 Å². The molecule has 2 aromatic heterocycles. The Morgan fingerprint density at radius 2 is 1.46 bits per heavy atom. The van der Waals surface area contributed by atoms with E-state index in [0.29, 0.717) is 5.92 Å². The molecule has 0 radical (unpaired) electrons. The molecule has 2 aromatic rings. The molecule has 26 heavy (non-hydrogen) atoms. The molecule has 2 aliphatic rings. The summed E-state index contributed by atoms with van der Waals surface area (Å²) in [5.41, 5.74) is 1.65. The van der Waals surface area contributed by atoms with Crippen LogP contribution in [0.2, 0.25) is 0 Å². The van der Waals surface area contributed by atoms with Crippen molar-refractivity contribution >= 4 is 22.7 Å². The van der Waals surface area contributed by atoms with Crippen molar-refractivity contribution in [2.45, 2.75) is 63.6 Å². The van der Waals surface area contributed by atoms with Crippen molar-refractivity contribution in [3.05, 3.63) is 43.8 Å². The molecule has 2 aliphatic heterocycles. The summed E-state index contributed by atoms with van der Waals surface area (Å²) in [6.07, 6.45) is 6.13. The zero-order valence-corrected chi connectivity index (χ0v) is 19.4. The predicted molar refractivity (Wildman–Crippen MR) is 107 cm³/mol. The van der Waals surface area contributed by atoms with E-state index >= 15 is 0 Å². The summed E-state index contributed by atoms with van der Waals surface area (Å²) in [5.74, 6) is 0.622. The average Bonchev–Trinajstić information content (AvgIpc) is 3.18. The van der Waals surface area contributed by atoms with Crippen molar-refractivity contribution in [3.63, 3.8) is 0 Å². The van der Waals surface area contributed by atoms with Crippen LogP contribution < -0.4 is 17.0 Å². The van der Waals surface area contributed by atoms with Crippen molar-refractivity contribution in [3.8, 4) is 0 Å². The third-order valence-electron chi connectivity index (χ3n) is 6.99. The van der Waals surface area contributed by atoms with Crippen LogP contribution in [0.15, 0.2) is 22.9 Å². The molecule has 5 heteroatoms. The Morgan fingerprint density at radius 3 is 1.85 bits per heavy atom. The van der Waals surface area contributed by atoms with E-state index < -0.39 is 5.60 Å². The van der Waals surface area contributed by atoms with Gasteiger partial charge in [0.05, 0.1) is 26.2 Å². The molecule has 2 unspecified atom stereocenters. The summed E-state index contributed by atoms with van der Waals surface area (Å²) < 4.78 is 1.20. The van der Waals surface area contributed by atoms with E-state index in [1.54, 1.807) is 22.7 Å². The molecule has 0 amide bonds. The molecule has 0 aliphatic carbocycles. The Bertz CT molecular complexity index is 709. The van der Waals surface area contributed by atoms with Crippen molar-refractivity contribution in [1.82, 2.24) is 0 Å². The second-order valence-electron chi connectivity index (χ2n) is 8.78. The maximum atomic E-state index is 12.0. The van der Waals surface area contributed by atoms with Crippen molar-refractivity contribution < 1.29 is 26.6 Å². The molecule has 2 nitrogen and oxygen atoms in total. The number of aryl methyl sites for hydroxylation is 2. The highest BCUT2D eigenvalue weighted by Gasteiger charge is 2.51. The molecule has 2 atom stereocenters. The largest absolute Gasteiger partial charge is 1.00 e. The van der Waals surface area contributed by atoms with Gasteiger partial charge >= 0.3 is 0 Å². The van der Waals surface area contributed by atoms with Crippen LogP contribution in [0.25, 0.3) is 0 Å². The fraction of sp³-hybridized carbons (Fsp3) is 0.619. The van der Waals surface area contributed by atoms with Gasteiger partial charge in [-0.3, -0.25) is 0 Å². The number of nitrogens with zero attached hydrogens (tertiary/aromatic N) is 1. The van der Waals surface area contributed by atoms with Gasteiger partial charge in [0, 0.05) is 35.4 Å². The smallest absolute Gasteiger partial charge is 0.134 e. The van der Waals surface area contributed by atoms with E-state index in [1.807, 2.05) is 0 Å². The first-order valence-corrected chi connectivity index (χ1v) is 11.2. The van der Waals surface area contributed by atoms with Crippen molar-refractivity contribution in [1.29, 1.82) is 0 Å². The third kappa shape index (κ3) is 3.24. The van der Waals surface area contributed by atoms with Crippen molar-refractivity contribution in [2.75, 3.05) is 14.1 Å². The van der Waals surface area contributed by atoms with Crippen LogP contribution in [0.1, 0.15) is 53.0 Å². The minimum Gasteiger partial charge on any atom is -1.00 e. The summed E-state index contributed by atoms with van der Waals surface area (Å²) in [7, 11) is 4.83. The molecule has 2 bridgehead atoms. The number of rotatable bonds is 4. The molecule has 4 heterocycles. The molecule has 2 saturated heterocycles. The number of halogens is 1. The lowest BCUT2D eigenvalue weighted by atomic mass is 9.78. The Balaban J connectivity index is 0.00000196. The summed E-state index contributed by atoms with van der Waals surface area (Å²) in [6, 6.07) is 5.86. The van der Waals surface area contributed by atoms with Crippen LogP contribution in [0, 0.1) is 19.8 Å². The number of piperidine rings is 1. The van der Waals surface area contributed by atoms with Gasteiger partial charge in [-0.05, 0) is 60.2 Å². The number of aliphatic hydroxyl groups is 1. The molecule has 4 rings (SSSR count). The highest BCUT2D eigenvalue weighted by molar-refractivity contribution is 7.12. The van der Waals surface area contributed by atoms with Gasteiger partial charge in [-0.1, -0.05) is 0 Å². The van der Waals surface area contributed by atoms with Crippen LogP contribution in [-0.2, 0) is 5.60 Å². The van der Waals surface area contributed by atoms with Gasteiger partial charge in [-0.25, -0.2) is 0 Å². The van der Waals surface area contributed by atoms with Gasteiger partial charge in [0.15, 0.2) is 0 Å². The normalized spacial score (nSPS) is 27.3. The quantitative estimate of drug-likeness (QED) is 0.699. The summed E-state index contributed by atoms with van der Waals surface area (Å²) >= 11 is 3.44. The van der Waals surface area contributed by atoms with Gasteiger partial charge in [-0.2, -0.15) is 0 Å². The number of quaternary nitrogens is 1. The molecule has 0 spiro atoms. The Morgan fingerprint density at radius 1 is 1.00 bits per heavy atom. The second-order valence-corrected chi connectivity index (χ2v) is 10.6. The zero-order valence-electron chi connectivity index (χ0n) is 16.2. The highest BCUT2D eigenvalue weighted by atomic mass is 79.9. The Kier molecular flexibility index (Phi) is 5.78. The van der Waals surface area contributed by atoms with Gasteiger partial charge in [0.2, 0.25) is 0 Å². The minimum atomic E-state index is -0.810. The van der Waals surface area contributed by atoms with E-state index in [1.165, 1.54) is 41.3 Å². The topological polar surface area (TPSA) is 20.2 Å². The number of thiophene rings is 2. The first-order chi connectivity index (χ1) is 11.8. The van der Waals surface area contributed by atoms with E-state index in [9.17, 15) is 5.11 Å². The molecule has 0 aromatic carbocycles. The predicted octanol–water partition coefficient (Wildman–Crippen LogP) is 2.07. The van der Waals surface area contributed by atoms with Gasteiger partial charge < -0.3 is 26.6 Å². The first kappa shape index (κ1) is 20.5. The van der Waals surface area contributed by atoms with Crippen LogP contribution in [0.5, 0.6) is 0 Å². The van der Waals surface area contributed by atoms with Crippen molar-refractivity contribution in [2.24, 2.45) is 5.92 Å². The maximum Gasteiger partial charge on any atom is 0.134 e. The molecular weight excluding hydrogens is 426 g/mol. The van der Waals surface area contributed by atoms with E-state index in [4.69, 9.17) is 0 Å². The Hall–Kier alpha value is -0.200. The summed E-state index contributed by atoms with van der Waals surface area (Å²) in [5, 5.41) is 16.2. The second kappa shape index (κ2) is 7.32. The maximum absolute atomic E-state index is 12.0. The number of hydrogen-bond donors (Lipinski definition) is 1. The van der Waals surface area contributed by atoms with Crippen LogP contribution in [0.4, 0.5) is 0 Å². The monoisotopic (exact) mass is 455 g/mol. The molecular formula is C21H30BrNOS2. The summed E-state index contributed by atoms with van der Waals surface area (Å²) in [4.78, 5) is 2.31. The lowest BCUT2D eigenvalue weighted by Crippen LogP contribution is -3.00. The zero-order chi connectivity index (χ0) is 17.8. The first-order valence-electron chi connectivity index (χ1n) is 9.47. The standard InChI is InChI=1S/C21H30NOS2.BrH/c1-14-7-9-24-19(14)21(23,20-15(2)8-10-25-20)13-16-11-17-5-6-18(12-16)22(17,3)4;/h7-10,16-18,23H,5-6,11-13H2,1-4H3;1H/q+1;/p-1. The molecule has 0 saturated carbocycles. The fourth-order valence-corrected chi connectivity index (χ4v) is 7.61. The van der Waals surface area contributed by atoms with Gasteiger partial charge in [0.1, 0.15) is 5.60 Å². The Labute approximate surface area is 176 Å².